The monoisotopic (exact) mass is 175 g/mol. The summed E-state index contributed by atoms with van der Waals surface area (Å²) in [5, 5.41) is 0. The van der Waals surface area contributed by atoms with Crippen molar-refractivity contribution in [2.24, 2.45) is 0 Å². The van der Waals surface area contributed by atoms with Gasteiger partial charge in [-0.25, -0.2) is 0 Å². The number of allylic oxidation sites excluding steroid dienone is 5. The van der Waals surface area contributed by atoms with Gasteiger partial charge in [-0.3, -0.25) is 0 Å². The molecule has 0 amide bonds. The Bertz CT molecular complexity index is 265. The summed E-state index contributed by atoms with van der Waals surface area (Å²) in [5.74, 6) is 0. The maximum absolute atomic E-state index is 2.51. The second-order valence-corrected chi connectivity index (χ2v) is 3.69. The van der Waals surface area contributed by atoms with E-state index in [9.17, 15) is 0 Å². The van der Waals surface area contributed by atoms with Gasteiger partial charge < -0.3 is 4.90 Å². The molecule has 1 nitrogen and oxygen atoms in total. The Morgan fingerprint density at radius 2 is 2.08 bits per heavy atom. The third kappa shape index (κ3) is 1.69. The van der Waals surface area contributed by atoms with E-state index in [1.165, 1.54) is 37.2 Å². The van der Waals surface area contributed by atoms with Crippen LogP contribution >= 0.6 is 0 Å². The van der Waals surface area contributed by atoms with Crippen LogP contribution in [0, 0.1) is 0 Å². The fourth-order valence-corrected chi connectivity index (χ4v) is 2.10. The molecule has 0 aromatic rings. The summed E-state index contributed by atoms with van der Waals surface area (Å²) in [4.78, 5) is 2.51. The van der Waals surface area contributed by atoms with Gasteiger partial charge in [0.2, 0.25) is 0 Å². The van der Waals surface area contributed by atoms with Gasteiger partial charge in [0.1, 0.15) is 0 Å². The smallest absolute Gasteiger partial charge is 0.0398 e. The Kier molecular flexibility index (Phi) is 2.53. The molecule has 0 N–H and O–H groups in total. The van der Waals surface area contributed by atoms with Crippen LogP contribution in [0.2, 0.25) is 0 Å². The average molecular weight is 175 g/mol. The minimum absolute atomic E-state index is 1.11. The number of nitrogens with zero attached hydrogens (tertiary/aromatic N) is 1. The maximum Gasteiger partial charge on any atom is 0.0398 e. The third-order valence-corrected chi connectivity index (χ3v) is 2.85. The molecular weight excluding hydrogens is 158 g/mol. The highest BCUT2D eigenvalue weighted by atomic mass is 15.1. The Morgan fingerprint density at radius 1 is 1.31 bits per heavy atom. The Balaban J connectivity index is 2.18. The first-order valence-electron chi connectivity index (χ1n) is 5.19. The van der Waals surface area contributed by atoms with Crippen LogP contribution in [-0.2, 0) is 0 Å². The van der Waals surface area contributed by atoms with Crippen LogP contribution in [0.3, 0.4) is 0 Å². The first-order valence-corrected chi connectivity index (χ1v) is 5.19. The molecule has 1 aliphatic carbocycles. The lowest BCUT2D eigenvalue weighted by atomic mass is 10.0. The first-order chi connectivity index (χ1) is 6.42. The maximum atomic E-state index is 2.51. The van der Waals surface area contributed by atoms with E-state index in [2.05, 4.69) is 36.1 Å². The summed E-state index contributed by atoms with van der Waals surface area (Å²) in [6.07, 6.45) is 12.7. The summed E-state index contributed by atoms with van der Waals surface area (Å²) < 4.78 is 0. The van der Waals surface area contributed by atoms with Gasteiger partial charge in [-0.05, 0) is 37.8 Å². The van der Waals surface area contributed by atoms with Crippen molar-refractivity contribution in [1.29, 1.82) is 0 Å². The molecule has 2 aliphatic rings. The highest BCUT2D eigenvalue weighted by molar-refractivity contribution is 5.38. The molecule has 1 heterocycles. The summed E-state index contributed by atoms with van der Waals surface area (Å²) in [7, 11) is 0. The third-order valence-electron chi connectivity index (χ3n) is 2.85. The highest BCUT2D eigenvalue weighted by Gasteiger charge is 2.17. The molecule has 0 radical (unpaired) electrons. The molecule has 0 aromatic carbocycles. The van der Waals surface area contributed by atoms with Gasteiger partial charge in [-0.1, -0.05) is 18.2 Å². The highest BCUT2D eigenvalue weighted by Crippen LogP contribution is 2.26. The van der Waals surface area contributed by atoms with Gasteiger partial charge in [0, 0.05) is 18.8 Å². The average Bonchev–Trinajstić information content (AvgIpc) is 2.70. The normalized spacial score (nSPS) is 25.5. The quantitative estimate of drug-likeness (QED) is 0.592. The molecule has 0 atom stereocenters. The zero-order valence-corrected chi connectivity index (χ0v) is 8.29. The van der Waals surface area contributed by atoms with Crippen molar-refractivity contribution >= 4 is 0 Å². The van der Waals surface area contributed by atoms with Crippen molar-refractivity contribution in [3.8, 4) is 0 Å². The molecule has 13 heavy (non-hydrogen) atoms. The summed E-state index contributed by atoms with van der Waals surface area (Å²) >= 11 is 0. The van der Waals surface area contributed by atoms with Crippen LogP contribution in [-0.4, -0.2) is 18.0 Å². The molecule has 0 saturated carbocycles. The van der Waals surface area contributed by atoms with Gasteiger partial charge in [-0.15, -0.1) is 0 Å². The second-order valence-electron chi connectivity index (χ2n) is 3.69. The molecule has 70 valence electrons. The number of hydrogen-bond acceptors (Lipinski definition) is 1. The van der Waals surface area contributed by atoms with Crippen molar-refractivity contribution in [2.75, 3.05) is 13.1 Å². The molecule has 0 unspecified atom stereocenters. The van der Waals surface area contributed by atoms with Crippen molar-refractivity contribution in [3.63, 3.8) is 0 Å². The summed E-state index contributed by atoms with van der Waals surface area (Å²) in [6, 6.07) is 0. The van der Waals surface area contributed by atoms with Crippen LogP contribution in [0.15, 0.2) is 35.6 Å². The Morgan fingerprint density at radius 3 is 2.77 bits per heavy atom. The van der Waals surface area contributed by atoms with Crippen molar-refractivity contribution in [1.82, 2.24) is 4.90 Å². The topological polar surface area (TPSA) is 3.24 Å². The SMILES string of the molecule is C/C=C1\CC=CC=C1N1CCCC1. The lowest BCUT2D eigenvalue weighted by molar-refractivity contribution is 0.431. The van der Waals surface area contributed by atoms with Gasteiger partial charge in [0.05, 0.1) is 0 Å². The van der Waals surface area contributed by atoms with E-state index in [4.69, 9.17) is 0 Å². The zero-order valence-electron chi connectivity index (χ0n) is 8.29. The minimum Gasteiger partial charge on any atom is -0.371 e. The minimum atomic E-state index is 1.11. The zero-order chi connectivity index (χ0) is 9.10. The van der Waals surface area contributed by atoms with Crippen LogP contribution < -0.4 is 0 Å². The fourth-order valence-electron chi connectivity index (χ4n) is 2.10. The number of hydrogen-bond donors (Lipinski definition) is 0. The number of rotatable bonds is 1. The molecule has 1 heteroatoms. The molecule has 1 aliphatic heterocycles. The second kappa shape index (κ2) is 3.82. The molecule has 0 aromatic heterocycles. The van der Waals surface area contributed by atoms with E-state index < -0.39 is 0 Å². The van der Waals surface area contributed by atoms with Gasteiger partial charge >= 0.3 is 0 Å². The van der Waals surface area contributed by atoms with Crippen LogP contribution in [0.1, 0.15) is 26.2 Å². The predicted octanol–water partition coefficient (Wildman–Crippen LogP) is 2.87. The van der Waals surface area contributed by atoms with Crippen molar-refractivity contribution < 1.29 is 0 Å². The van der Waals surface area contributed by atoms with Crippen molar-refractivity contribution in [3.05, 3.63) is 35.6 Å². The fraction of sp³-hybridized carbons (Fsp3) is 0.500. The van der Waals surface area contributed by atoms with E-state index in [0.717, 1.165) is 6.42 Å². The van der Waals surface area contributed by atoms with E-state index >= 15 is 0 Å². The molecule has 0 spiro atoms. The molecule has 1 fully saturated rings. The Hall–Kier alpha value is -0.980. The van der Waals surface area contributed by atoms with Crippen LogP contribution in [0.5, 0.6) is 0 Å². The van der Waals surface area contributed by atoms with Crippen LogP contribution in [0.4, 0.5) is 0 Å². The first kappa shape index (κ1) is 8.61. The molecular formula is C12H17N. The largest absolute Gasteiger partial charge is 0.371 e. The summed E-state index contributed by atoms with van der Waals surface area (Å²) in [6.45, 7) is 4.63. The number of likely N-dealkylation sites (tertiary alicyclic amines) is 1. The van der Waals surface area contributed by atoms with E-state index in [-0.39, 0.29) is 0 Å². The van der Waals surface area contributed by atoms with E-state index in [0.29, 0.717) is 0 Å². The molecule has 1 saturated heterocycles. The van der Waals surface area contributed by atoms with Gasteiger partial charge in [0.15, 0.2) is 0 Å². The lowest BCUT2D eigenvalue weighted by Gasteiger charge is -2.24. The Labute approximate surface area is 80.4 Å². The van der Waals surface area contributed by atoms with Crippen LogP contribution in [0.25, 0.3) is 0 Å². The summed E-state index contributed by atoms with van der Waals surface area (Å²) in [5.41, 5.74) is 2.95. The van der Waals surface area contributed by atoms with E-state index in [1.54, 1.807) is 0 Å². The lowest BCUT2D eigenvalue weighted by Crippen LogP contribution is -2.20. The van der Waals surface area contributed by atoms with E-state index in [1.807, 2.05) is 0 Å². The molecule has 2 rings (SSSR count). The van der Waals surface area contributed by atoms with Crippen molar-refractivity contribution in [2.45, 2.75) is 26.2 Å². The van der Waals surface area contributed by atoms with Gasteiger partial charge in [-0.2, -0.15) is 0 Å². The molecule has 0 bridgehead atoms. The standard InChI is InChI=1S/C12H17N/c1-2-11-7-3-4-8-12(11)13-9-5-6-10-13/h2-4,8H,5-7,9-10H2,1H3/b11-2+. The predicted molar refractivity (Wildman–Crippen MR) is 56.4 cm³/mol. The van der Waals surface area contributed by atoms with Gasteiger partial charge in [0.25, 0.3) is 0 Å².